The second kappa shape index (κ2) is 14.9. The molecule has 0 aliphatic carbocycles. The molecular weight excluding hydrogens is 434 g/mol. The topological polar surface area (TPSA) is 182 Å². The van der Waals surface area contributed by atoms with Crippen LogP contribution in [0.5, 0.6) is 0 Å². The maximum Gasteiger partial charge on any atom is 0.326 e. The van der Waals surface area contributed by atoms with Gasteiger partial charge in [-0.25, -0.2) is 14.4 Å². The summed E-state index contributed by atoms with van der Waals surface area (Å²) in [5, 5.41) is 34.9. The van der Waals surface area contributed by atoms with E-state index in [4.69, 9.17) is 15.0 Å². The Bertz CT molecular complexity index is 691. The molecule has 2 amide bonds. The van der Waals surface area contributed by atoms with Crippen molar-refractivity contribution in [2.24, 2.45) is 10.8 Å². The molecule has 2 unspecified atom stereocenters. The molecule has 6 N–H and O–H groups in total. The summed E-state index contributed by atoms with van der Waals surface area (Å²) in [6.07, 6.45) is 0.726. The molecule has 0 rings (SSSR count). The Labute approximate surface area is 195 Å². The van der Waals surface area contributed by atoms with E-state index in [0.717, 1.165) is 18.7 Å². The zero-order chi connectivity index (χ0) is 26.4. The highest BCUT2D eigenvalue weighted by Gasteiger charge is 2.31. The molecule has 11 nitrogen and oxygen atoms in total. The van der Waals surface area contributed by atoms with Gasteiger partial charge in [0.05, 0.1) is 0 Å². The molecule has 0 fully saturated rings. The predicted molar refractivity (Wildman–Crippen MR) is 123 cm³/mol. The third-order valence-corrected chi connectivity index (χ3v) is 4.79. The molecule has 2 atom stereocenters. The van der Waals surface area contributed by atoms with Crippen molar-refractivity contribution >= 4 is 30.7 Å². The van der Waals surface area contributed by atoms with Gasteiger partial charge >= 0.3 is 23.9 Å². The summed E-state index contributed by atoms with van der Waals surface area (Å²) in [6, 6.07) is -3.59. The van der Waals surface area contributed by atoms with Gasteiger partial charge in [-0.3, -0.25) is 4.79 Å². The number of hydrogen-bond donors (Lipinski definition) is 6. The quantitative estimate of drug-likeness (QED) is 0.208. The van der Waals surface area contributed by atoms with Gasteiger partial charge in [-0.2, -0.15) is 0 Å². The molecule has 0 aromatic heterocycles. The standard InChI is InChI=1S/C21H37N3O7.CH2O/c1-13(2)22-12-21(5,6)11-20(3,4)10-9-15(18(29)30)24-19(31)23-14(17(27)28)7-8-16(25)26;1-2/h14-15,22H,1,7-12H2,2-6H3,(H,25,26)(H,27,28)(H,29,30)(H2,23,24,31);1H2. The molecule has 0 saturated heterocycles. The third-order valence-electron chi connectivity index (χ3n) is 4.79. The summed E-state index contributed by atoms with van der Waals surface area (Å²) in [4.78, 5) is 53.5. The molecule has 0 spiro atoms. The highest BCUT2D eigenvalue weighted by molar-refractivity contribution is 5.86. The minimum Gasteiger partial charge on any atom is -0.481 e. The van der Waals surface area contributed by atoms with Crippen LogP contribution in [0.3, 0.4) is 0 Å². The van der Waals surface area contributed by atoms with Crippen molar-refractivity contribution in [3.05, 3.63) is 12.3 Å². The van der Waals surface area contributed by atoms with Crippen LogP contribution in [0.2, 0.25) is 0 Å². The van der Waals surface area contributed by atoms with Crippen LogP contribution in [0.1, 0.15) is 66.7 Å². The van der Waals surface area contributed by atoms with Gasteiger partial charge in [-0.15, -0.1) is 0 Å². The van der Waals surface area contributed by atoms with Crippen LogP contribution >= 0.6 is 0 Å². The van der Waals surface area contributed by atoms with E-state index >= 15 is 0 Å². The van der Waals surface area contributed by atoms with Crippen molar-refractivity contribution in [2.75, 3.05) is 6.54 Å². The maximum atomic E-state index is 12.1. The van der Waals surface area contributed by atoms with Gasteiger partial charge in [0, 0.05) is 18.7 Å². The third kappa shape index (κ3) is 16.2. The number of amides is 2. The van der Waals surface area contributed by atoms with Crippen LogP contribution in [0, 0.1) is 10.8 Å². The number of urea groups is 1. The Morgan fingerprint density at radius 3 is 1.70 bits per heavy atom. The number of allylic oxidation sites excluding steroid dienone is 1. The number of rotatable bonds is 15. The first-order chi connectivity index (χ1) is 15.0. The van der Waals surface area contributed by atoms with Crippen LogP contribution in [-0.2, 0) is 19.2 Å². The summed E-state index contributed by atoms with van der Waals surface area (Å²) < 4.78 is 0. The normalized spacial score (nSPS) is 12.9. The van der Waals surface area contributed by atoms with Crippen molar-refractivity contribution in [3.8, 4) is 0 Å². The minimum atomic E-state index is -1.43. The Kier molecular flexibility index (Phi) is 14.4. The second-order valence-corrected chi connectivity index (χ2v) is 9.51. The maximum absolute atomic E-state index is 12.1. The fourth-order valence-corrected chi connectivity index (χ4v) is 3.51. The van der Waals surface area contributed by atoms with Gasteiger partial charge in [0.15, 0.2) is 0 Å². The van der Waals surface area contributed by atoms with Crippen molar-refractivity contribution in [3.63, 3.8) is 0 Å². The lowest BCUT2D eigenvalue weighted by Gasteiger charge is -2.36. The Balaban J connectivity index is 0. The van der Waals surface area contributed by atoms with Crippen molar-refractivity contribution in [1.82, 2.24) is 16.0 Å². The summed E-state index contributed by atoms with van der Waals surface area (Å²) in [6.45, 7) is 16.7. The van der Waals surface area contributed by atoms with Crippen molar-refractivity contribution in [1.29, 1.82) is 0 Å². The van der Waals surface area contributed by atoms with Crippen LogP contribution < -0.4 is 16.0 Å². The molecule has 0 saturated carbocycles. The largest absolute Gasteiger partial charge is 0.481 e. The smallest absolute Gasteiger partial charge is 0.326 e. The number of carboxylic acids is 3. The lowest BCUT2D eigenvalue weighted by Crippen LogP contribution is -2.51. The first kappa shape index (κ1) is 32.1. The van der Waals surface area contributed by atoms with Gasteiger partial charge in [0.2, 0.25) is 0 Å². The summed E-state index contributed by atoms with van der Waals surface area (Å²) in [7, 11) is 0. The Morgan fingerprint density at radius 2 is 1.30 bits per heavy atom. The number of aliphatic carboxylic acids is 3. The molecule has 0 radical (unpaired) electrons. The van der Waals surface area contributed by atoms with Crippen LogP contribution in [-0.4, -0.2) is 64.7 Å². The van der Waals surface area contributed by atoms with E-state index in [-0.39, 0.29) is 23.7 Å². The molecule has 0 aliphatic heterocycles. The molecule has 0 heterocycles. The second-order valence-electron chi connectivity index (χ2n) is 9.51. The Morgan fingerprint density at radius 1 is 0.848 bits per heavy atom. The number of hydrogen-bond acceptors (Lipinski definition) is 6. The average Bonchev–Trinajstić information content (AvgIpc) is 2.67. The lowest BCUT2D eigenvalue weighted by molar-refractivity contribution is -0.141. The fourth-order valence-electron chi connectivity index (χ4n) is 3.51. The van der Waals surface area contributed by atoms with Gasteiger partial charge in [-0.1, -0.05) is 34.3 Å². The van der Waals surface area contributed by atoms with E-state index in [2.05, 4.69) is 36.4 Å². The van der Waals surface area contributed by atoms with E-state index in [1.807, 2.05) is 27.6 Å². The molecule has 11 heteroatoms. The van der Waals surface area contributed by atoms with Gasteiger partial charge in [0.1, 0.15) is 18.9 Å². The zero-order valence-corrected chi connectivity index (χ0v) is 20.2. The van der Waals surface area contributed by atoms with Crippen LogP contribution in [0.15, 0.2) is 12.3 Å². The number of carboxylic acid groups (broad SMARTS) is 3. The Hall–Kier alpha value is -3.11. The van der Waals surface area contributed by atoms with Crippen LogP contribution in [0.25, 0.3) is 0 Å². The number of carbonyl (C=O) groups excluding carboxylic acids is 2. The molecule has 0 aromatic rings. The minimum absolute atomic E-state index is 0.0647. The van der Waals surface area contributed by atoms with E-state index in [9.17, 15) is 24.3 Å². The highest BCUT2D eigenvalue weighted by atomic mass is 16.4. The molecular formula is C22H39N3O8. The monoisotopic (exact) mass is 473 g/mol. The summed E-state index contributed by atoms with van der Waals surface area (Å²) in [5.41, 5.74) is 0.595. The average molecular weight is 474 g/mol. The molecule has 0 aromatic carbocycles. The lowest BCUT2D eigenvalue weighted by atomic mass is 9.72. The van der Waals surface area contributed by atoms with Gasteiger partial charge < -0.3 is 36.1 Å². The number of nitrogens with one attached hydrogen (secondary N) is 3. The van der Waals surface area contributed by atoms with Crippen molar-refractivity contribution in [2.45, 2.75) is 78.8 Å². The van der Waals surface area contributed by atoms with Gasteiger partial charge in [-0.05, 0) is 43.4 Å². The molecule has 33 heavy (non-hydrogen) atoms. The number of carbonyl (C=O) groups is 5. The SMILES string of the molecule is C=C(C)NCC(C)(C)CC(C)(C)CCC(NC(=O)NC(CCC(=O)O)C(=O)O)C(=O)O.C=O. The van der Waals surface area contributed by atoms with Crippen LogP contribution in [0.4, 0.5) is 4.79 Å². The molecule has 0 aliphatic rings. The van der Waals surface area contributed by atoms with E-state index in [1.165, 1.54) is 0 Å². The summed E-state index contributed by atoms with van der Waals surface area (Å²) in [5.74, 6) is -3.82. The van der Waals surface area contributed by atoms with Gasteiger partial charge in [0.25, 0.3) is 0 Å². The first-order valence-corrected chi connectivity index (χ1v) is 10.5. The predicted octanol–water partition coefficient (Wildman–Crippen LogP) is 2.22. The summed E-state index contributed by atoms with van der Waals surface area (Å²) >= 11 is 0. The van der Waals surface area contributed by atoms with E-state index in [1.54, 1.807) is 0 Å². The van der Waals surface area contributed by atoms with Crippen molar-refractivity contribution < 1.29 is 39.3 Å². The zero-order valence-electron chi connectivity index (χ0n) is 20.2. The van der Waals surface area contributed by atoms with E-state index < -0.39 is 42.4 Å². The molecule has 190 valence electrons. The van der Waals surface area contributed by atoms with E-state index in [0.29, 0.717) is 6.42 Å². The fraction of sp³-hybridized carbons (Fsp3) is 0.682. The molecule has 0 bridgehead atoms. The first-order valence-electron chi connectivity index (χ1n) is 10.5. The highest BCUT2D eigenvalue weighted by Crippen LogP contribution is 2.37.